The first-order valence-corrected chi connectivity index (χ1v) is 11.9. The Morgan fingerprint density at radius 1 is 1.10 bits per heavy atom. The van der Waals surface area contributed by atoms with Crippen molar-refractivity contribution in [2.45, 2.75) is 17.7 Å². The zero-order chi connectivity index (χ0) is 21.0. The number of sulfonamides is 1. The van der Waals surface area contributed by atoms with Crippen LogP contribution in [0.5, 0.6) is 0 Å². The van der Waals surface area contributed by atoms with E-state index in [0.29, 0.717) is 25.9 Å². The van der Waals surface area contributed by atoms with Crippen molar-refractivity contribution in [3.05, 3.63) is 30.1 Å². The topological polar surface area (TPSA) is 66.6 Å². The molecule has 2 fully saturated rings. The quantitative estimate of drug-likeness (QED) is 0.556. The van der Waals surface area contributed by atoms with Gasteiger partial charge in [0.1, 0.15) is 18.9 Å². The molecule has 2 heterocycles. The Balaban J connectivity index is 1.49. The number of piperazine rings is 1. The van der Waals surface area contributed by atoms with Crippen molar-refractivity contribution in [3.63, 3.8) is 0 Å². The largest absolute Gasteiger partial charge is 0.335 e. The van der Waals surface area contributed by atoms with Crippen LogP contribution in [0.15, 0.2) is 29.2 Å². The number of quaternary nitrogens is 2. The maximum Gasteiger partial charge on any atom is 0.243 e. The first-order valence-electron chi connectivity index (χ1n) is 10.4. The van der Waals surface area contributed by atoms with Crippen LogP contribution in [0.25, 0.3) is 0 Å². The number of nitrogens with zero attached hydrogens (tertiary/aromatic N) is 2. The normalized spacial score (nSPS) is 20.3. The summed E-state index contributed by atoms with van der Waals surface area (Å²) in [6.45, 7) is 6.44. The molecule has 3 rings (SSSR count). The third-order valence-corrected chi connectivity index (χ3v) is 7.93. The minimum Gasteiger partial charge on any atom is -0.335 e. The number of halogens is 1. The van der Waals surface area contributed by atoms with E-state index in [1.165, 1.54) is 21.3 Å². The molecule has 0 atom stereocenters. The van der Waals surface area contributed by atoms with Gasteiger partial charge in [0.25, 0.3) is 0 Å². The number of nitrogens with one attached hydrogen (secondary N) is 2. The molecule has 2 N–H and O–H groups in total. The Morgan fingerprint density at radius 2 is 1.69 bits per heavy atom. The average Bonchev–Trinajstić information content (AvgIpc) is 2.72. The highest BCUT2D eigenvalue weighted by atomic mass is 32.2. The Kier molecular flexibility index (Phi) is 7.26. The molecule has 0 radical (unpaired) electrons. The summed E-state index contributed by atoms with van der Waals surface area (Å²) in [7, 11) is 0.672. The second kappa shape index (κ2) is 9.51. The molecular weight excluding hydrogens is 395 g/mol. The molecule has 0 bridgehead atoms. The number of hydrogen-bond acceptors (Lipinski definition) is 3. The number of likely N-dealkylation sites (N-methyl/N-ethyl adjacent to an activating group) is 1. The van der Waals surface area contributed by atoms with Gasteiger partial charge < -0.3 is 14.7 Å². The molecule has 1 aromatic rings. The molecule has 1 amide bonds. The Labute approximate surface area is 173 Å². The van der Waals surface area contributed by atoms with Crippen molar-refractivity contribution in [1.29, 1.82) is 0 Å². The van der Waals surface area contributed by atoms with Crippen molar-refractivity contribution in [2.24, 2.45) is 5.92 Å². The predicted molar refractivity (Wildman–Crippen MR) is 108 cm³/mol. The maximum absolute atomic E-state index is 13.1. The van der Waals surface area contributed by atoms with Crippen molar-refractivity contribution in [1.82, 2.24) is 9.21 Å². The van der Waals surface area contributed by atoms with Crippen LogP contribution in [0.1, 0.15) is 12.8 Å². The van der Waals surface area contributed by atoms with Crippen molar-refractivity contribution < 1.29 is 27.4 Å². The lowest BCUT2D eigenvalue weighted by molar-refractivity contribution is -0.943. The second-order valence-corrected chi connectivity index (χ2v) is 10.4. The van der Waals surface area contributed by atoms with Crippen LogP contribution in [-0.4, -0.2) is 90.0 Å². The highest BCUT2D eigenvalue weighted by molar-refractivity contribution is 7.89. The molecule has 9 heteroatoms. The van der Waals surface area contributed by atoms with E-state index >= 15 is 0 Å². The Bertz CT molecular complexity index is 784. The van der Waals surface area contributed by atoms with Gasteiger partial charge >= 0.3 is 0 Å². The summed E-state index contributed by atoms with van der Waals surface area (Å²) >= 11 is 0. The molecule has 2 aliphatic rings. The summed E-state index contributed by atoms with van der Waals surface area (Å²) in [6.07, 6.45) is 1.08. The number of carbonyl (C=O) groups is 1. The van der Waals surface area contributed by atoms with Gasteiger partial charge in [-0.3, -0.25) is 4.79 Å². The Hall–Kier alpha value is -1.55. The fourth-order valence-electron chi connectivity index (χ4n) is 4.08. The van der Waals surface area contributed by atoms with E-state index in [9.17, 15) is 17.6 Å². The van der Waals surface area contributed by atoms with Gasteiger partial charge in [-0.2, -0.15) is 4.31 Å². The molecule has 2 aliphatic heterocycles. The van der Waals surface area contributed by atoms with E-state index in [4.69, 9.17) is 0 Å². The third-order valence-electron chi connectivity index (χ3n) is 6.02. The summed E-state index contributed by atoms with van der Waals surface area (Å²) in [5, 5.41) is 0. The summed E-state index contributed by atoms with van der Waals surface area (Å²) in [5.74, 6) is -0.401. The lowest BCUT2D eigenvalue weighted by Gasteiger charge is -2.36. The lowest BCUT2D eigenvalue weighted by atomic mass is 9.96. The number of rotatable bonds is 6. The van der Waals surface area contributed by atoms with E-state index in [0.717, 1.165) is 51.4 Å². The first kappa shape index (κ1) is 22.1. The highest BCUT2D eigenvalue weighted by Gasteiger charge is 2.35. The minimum absolute atomic E-state index is 0.0994. The number of carbonyl (C=O) groups excluding carboxylic acids is 1. The van der Waals surface area contributed by atoms with Crippen LogP contribution < -0.4 is 9.80 Å². The van der Waals surface area contributed by atoms with Gasteiger partial charge in [-0.05, 0) is 37.1 Å². The maximum atomic E-state index is 13.1. The smallest absolute Gasteiger partial charge is 0.243 e. The number of benzene rings is 1. The molecule has 2 saturated heterocycles. The summed E-state index contributed by atoms with van der Waals surface area (Å²) in [5.41, 5.74) is 0. The van der Waals surface area contributed by atoms with E-state index < -0.39 is 15.8 Å². The average molecular weight is 429 g/mol. The first-order chi connectivity index (χ1) is 13.8. The van der Waals surface area contributed by atoms with Gasteiger partial charge in [0.15, 0.2) is 0 Å². The monoisotopic (exact) mass is 428 g/mol. The molecule has 1 aromatic carbocycles. The standard InChI is InChI=1S/C20H31FN4O3S/c1-22(2)11-12-23-13-15-24(16-14-23)20(26)17-7-9-25(10-8-17)29(27,28)19-5-3-18(21)4-6-19/h3-6,17H,7-16H2,1-2H3/p+2. The van der Waals surface area contributed by atoms with Crippen LogP contribution in [-0.2, 0) is 14.8 Å². The van der Waals surface area contributed by atoms with E-state index in [1.54, 1.807) is 4.90 Å². The molecular formula is C20H33FN4O3S+2. The summed E-state index contributed by atoms with van der Waals surface area (Å²) in [4.78, 5) is 17.9. The van der Waals surface area contributed by atoms with Crippen LogP contribution in [0.4, 0.5) is 4.39 Å². The van der Waals surface area contributed by atoms with Gasteiger partial charge in [0.2, 0.25) is 15.9 Å². The molecule has 7 nitrogen and oxygen atoms in total. The van der Waals surface area contributed by atoms with Gasteiger partial charge in [0, 0.05) is 19.0 Å². The SMILES string of the molecule is C[NH+](C)CC[NH+]1CCN(C(=O)C2CCN(S(=O)(=O)c3ccc(F)cc3)CC2)CC1. The molecule has 29 heavy (non-hydrogen) atoms. The summed E-state index contributed by atoms with van der Waals surface area (Å²) < 4.78 is 39.9. The Morgan fingerprint density at radius 3 is 2.24 bits per heavy atom. The van der Waals surface area contributed by atoms with Crippen molar-refractivity contribution in [2.75, 3.05) is 66.5 Å². The van der Waals surface area contributed by atoms with Crippen LogP contribution in [0, 0.1) is 11.7 Å². The second-order valence-electron chi connectivity index (χ2n) is 8.41. The van der Waals surface area contributed by atoms with Gasteiger partial charge in [-0.1, -0.05) is 0 Å². The van der Waals surface area contributed by atoms with Crippen LogP contribution >= 0.6 is 0 Å². The van der Waals surface area contributed by atoms with Gasteiger partial charge in [-0.15, -0.1) is 0 Å². The van der Waals surface area contributed by atoms with Crippen LogP contribution in [0.3, 0.4) is 0 Å². The summed E-state index contributed by atoms with van der Waals surface area (Å²) in [6, 6.07) is 4.90. The number of amides is 1. The number of piperidine rings is 1. The minimum atomic E-state index is -3.64. The fourth-order valence-corrected chi connectivity index (χ4v) is 5.55. The zero-order valence-electron chi connectivity index (χ0n) is 17.4. The molecule has 0 spiro atoms. The molecule has 0 unspecified atom stereocenters. The van der Waals surface area contributed by atoms with Crippen molar-refractivity contribution in [3.8, 4) is 0 Å². The van der Waals surface area contributed by atoms with E-state index in [1.807, 2.05) is 4.90 Å². The zero-order valence-corrected chi connectivity index (χ0v) is 18.2. The van der Waals surface area contributed by atoms with Crippen LogP contribution in [0.2, 0.25) is 0 Å². The molecule has 0 aromatic heterocycles. The fraction of sp³-hybridized carbons (Fsp3) is 0.650. The van der Waals surface area contributed by atoms with Gasteiger partial charge in [0.05, 0.1) is 45.2 Å². The number of hydrogen-bond donors (Lipinski definition) is 2. The van der Waals surface area contributed by atoms with E-state index in [-0.39, 0.29) is 16.7 Å². The molecule has 0 aliphatic carbocycles. The predicted octanol–water partition coefficient (Wildman–Crippen LogP) is -1.90. The third kappa shape index (κ3) is 5.53. The highest BCUT2D eigenvalue weighted by Crippen LogP contribution is 2.25. The van der Waals surface area contributed by atoms with Crippen molar-refractivity contribution >= 4 is 15.9 Å². The molecule has 162 valence electrons. The van der Waals surface area contributed by atoms with E-state index in [2.05, 4.69) is 14.1 Å². The van der Waals surface area contributed by atoms with Gasteiger partial charge in [-0.25, -0.2) is 12.8 Å². The lowest BCUT2D eigenvalue weighted by Crippen LogP contribution is -3.19. The molecule has 0 saturated carbocycles.